The van der Waals surface area contributed by atoms with Crippen molar-refractivity contribution in [2.24, 2.45) is 0 Å². The Bertz CT molecular complexity index is 1260. The predicted octanol–water partition coefficient (Wildman–Crippen LogP) is 5.17. The Morgan fingerprint density at radius 3 is 2.62 bits per heavy atom. The van der Waals surface area contributed by atoms with Crippen LogP contribution in [0.15, 0.2) is 70.3 Å². The first-order valence-corrected chi connectivity index (χ1v) is 11.9. The summed E-state index contributed by atoms with van der Waals surface area (Å²) in [6, 6.07) is 19.3. The predicted molar refractivity (Wildman–Crippen MR) is 131 cm³/mol. The number of nitrogens with zero attached hydrogens (tertiary/aromatic N) is 4. The Morgan fingerprint density at radius 2 is 1.88 bits per heavy atom. The van der Waals surface area contributed by atoms with E-state index in [2.05, 4.69) is 36.3 Å². The fourth-order valence-corrected chi connectivity index (χ4v) is 3.69. The van der Waals surface area contributed by atoms with E-state index in [0.29, 0.717) is 16.9 Å². The maximum absolute atomic E-state index is 12.7. The summed E-state index contributed by atoms with van der Waals surface area (Å²) in [5, 5.41) is 16.0. The standard InChI is InChI=1S/C25H27N5O3S/c1-17-9-8-12-19(13-17)32-15-23-27-28-24(33-23)34-16-22(31)26-21-14-20(25(2,3)4)29-30(21)18-10-6-5-7-11-18/h5-14H,15-16H2,1-4H3,(H,26,31). The smallest absolute Gasteiger partial charge is 0.277 e. The molecule has 8 nitrogen and oxygen atoms in total. The van der Waals surface area contributed by atoms with Gasteiger partial charge in [0.05, 0.1) is 17.1 Å². The van der Waals surface area contributed by atoms with Gasteiger partial charge in [-0.2, -0.15) is 5.10 Å². The van der Waals surface area contributed by atoms with Crippen molar-refractivity contribution in [2.75, 3.05) is 11.1 Å². The number of para-hydroxylation sites is 1. The third kappa shape index (κ3) is 6.05. The summed E-state index contributed by atoms with van der Waals surface area (Å²) in [4.78, 5) is 12.7. The van der Waals surface area contributed by atoms with Crippen LogP contribution in [0.2, 0.25) is 0 Å². The molecule has 1 amide bonds. The summed E-state index contributed by atoms with van der Waals surface area (Å²) in [7, 11) is 0. The van der Waals surface area contributed by atoms with Crippen molar-refractivity contribution in [3.8, 4) is 11.4 Å². The molecule has 0 saturated carbocycles. The van der Waals surface area contributed by atoms with Crippen LogP contribution in [0.3, 0.4) is 0 Å². The van der Waals surface area contributed by atoms with Gasteiger partial charge >= 0.3 is 0 Å². The Labute approximate surface area is 202 Å². The first-order valence-electron chi connectivity index (χ1n) is 10.9. The fraction of sp³-hybridized carbons (Fsp3) is 0.280. The Kier molecular flexibility index (Phi) is 7.02. The number of rotatable bonds is 8. The molecule has 1 N–H and O–H groups in total. The third-order valence-corrected chi connectivity index (χ3v) is 5.69. The molecule has 4 aromatic rings. The minimum atomic E-state index is -0.196. The molecule has 0 aliphatic carbocycles. The zero-order valence-corrected chi connectivity index (χ0v) is 20.4. The van der Waals surface area contributed by atoms with Crippen LogP contribution in [0.5, 0.6) is 5.75 Å². The minimum Gasteiger partial charge on any atom is -0.484 e. The number of hydrogen-bond donors (Lipinski definition) is 1. The molecule has 0 spiro atoms. The summed E-state index contributed by atoms with van der Waals surface area (Å²) < 4.78 is 13.0. The molecule has 2 aromatic heterocycles. The first-order chi connectivity index (χ1) is 16.3. The Balaban J connectivity index is 1.37. The zero-order chi connectivity index (χ0) is 24.1. The molecule has 0 saturated heterocycles. The molecule has 0 bridgehead atoms. The van der Waals surface area contributed by atoms with Crippen LogP contribution in [0.1, 0.15) is 37.9 Å². The van der Waals surface area contributed by atoms with Gasteiger partial charge in [0.15, 0.2) is 6.61 Å². The van der Waals surface area contributed by atoms with Gasteiger partial charge in [0.25, 0.3) is 11.1 Å². The zero-order valence-electron chi connectivity index (χ0n) is 19.6. The second-order valence-corrected chi connectivity index (χ2v) is 9.74. The highest BCUT2D eigenvalue weighted by molar-refractivity contribution is 7.99. The van der Waals surface area contributed by atoms with Crippen molar-refractivity contribution in [1.82, 2.24) is 20.0 Å². The maximum atomic E-state index is 12.7. The van der Waals surface area contributed by atoms with E-state index in [-0.39, 0.29) is 23.7 Å². The number of thioether (sulfide) groups is 1. The molecule has 0 unspecified atom stereocenters. The number of amides is 1. The number of anilines is 1. The Hall–Kier alpha value is -3.59. The second-order valence-electron chi connectivity index (χ2n) is 8.82. The number of benzene rings is 2. The highest BCUT2D eigenvalue weighted by atomic mass is 32.2. The number of nitrogens with one attached hydrogen (secondary N) is 1. The molecule has 9 heteroatoms. The van der Waals surface area contributed by atoms with Crippen molar-refractivity contribution in [1.29, 1.82) is 0 Å². The fourth-order valence-electron chi connectivity index (χ4n) is 3.11. The maximum Gasteiger partial charge on any atom is 0.277 e. The van der Waals surface area contributed by atoms with E-state index in [1.54, 1.807) is 4.68 Å². The molecule has 176 valence electrons. The lowest BCUT2D eigenvalue weighted by molar-refractivity contribution is -0.113. The molecule has 2 aromatic carbocycles. The number of aryl methyl sites for hydroxylation is 1. The second kappa shape index (κ2) is 10.1. The average molecular weight is 478 g/mol. The van der Waals surface area contributed by atoms with E-state index in [9.17, 15) is 4.79 Å². The average Bonchev–Trinajstić information content (AvgIpc) is 3.44. The van der Waals surface area contributed by atoms with Gasteiger partial charge in [-0.15, -0.1) is 10.2 Å². The van der Waals surface area contributed by atoms with Crippen molar-refractivity contribution < 1.29 is 13.9 Å². The topological polar surface area (TPSA) is 95.1 Å². The SMILES string of the molecule is Cc1cccc(OCc2nnc(SCC(=O)Nc3cc(C(C)(C)C)nn3-c3ccccc3)o2)c1. The van der Waals surface area contributed by atoms with Crippen LogP contribution in [-0.4, -0.2) is 31.6 Å². The lowest BCUT2D eigenvalue weighted by Crippen LogP contribution is -2.17. The number of ether oxygens (including phenoxy) is 1. The quantitative estimate of drug-likeness (QED) is 0.350. The molecule has 0 aliphatic rings. The lowest BCUT2D eigenvalue weighted by Gasteiger charge is -2.14. The van der Waals surface area contributed by atoms with E-state index >= 15 is 0 Å². The van der Waals surface area contributed by atoms with Gasteiger partial charge in [-0.3, -0.25) is 4.79 Å². The normalized spacial score (nSPS) is 11.4. The largest absolute Gasteiger partial charge is 0.484 e. The van der Waals surface area contributed by atoms with Gasteiger partial charge in [-0.05, 0) is 36.8 Å². The van der Waals surface area contributed by atoms with Crippen molar-refractivity contribution in [2.45, 2.75) is 44.9 Å². The van der Waals surface area contributed by atoms with E-state index in [1.807, 2.05) is 67.6 Å². The van der Waals surface area contributed by atoms with Gasteiger partial charge in [-0.1, -0.05) is 62.9 Å². The highest BCUT2D eigenvalue weighted by Crippen LogP contribution is 2.27. The van der Waals surface area contributed by atoms with Crippen LogP contribution in [0.4, 0.5) is 5.82 Å². The number of aromatic nitrogens is 4. The molecular formula is C25H27N5O3S. The molecule has 34 heavy (non-hydrogen) atoms. The highest BCUT2D eigenvalue weighted by Gasteiger charge is 2.21. The lowest BCUT2D eigenvalue weighted by atomic mass is 9.92. The van der Waals surface area contributed by atoms with Gasteiger partial charge in [0.1, 0.15) is 11.6 Å². The summed E-state index contributed by atoms with van der Waals surface area (Å²) in [5.41, 5.74) is 2.70. The van der Waals surface area contributed by atoms with Gasteiger partial charge < -0.3 is 14.5 Å². The van der Waals surface area contributed by atoms with Crippen LogP contribution in [0, 0.1) is 6.92 Å². The number of hydrogen-bond acceptors (Lipinski definition) is 7. The van der Waals surface area contributed by atoms with Gasteiger partial charge in [0, 0.05) is 11.5 Å². The van der Waals surface area contributed by atoms with Crippen LogP contribution in [0.25, 0.3) is 5.69 Å². The first kappa shape index (κ1) is 23.6. The molecule has 2 heterocycles. The van der Waals surface area contributed by atoms with Crippen LogP contribution >= 0.6 is 11.8 Å². The monoisotopic (exact) mass is 477 g/mol. The number of carbonyl (C=O) groups is 1. The molecule has 4 rings (SSSR count). The van der Waals surface area contributed by atoms with E-state index < -0.39 is 0 Å². The van der Waals surface area contributed by atoms with Crippen molar-refractivity contribution in [3.05, 3.63) is 77.8 Å². The minimum absolute atomic E-state index is 0.116. The van der Waals surface area contributed by atoms with Gasteiger partial charge in [0.2, 0.25) is 5.91 Å². The van der Waals surface area contributed by atoms with Crippen LogP contribution in [-0.2, 0) is 16.8 Å². The number of carbonyl (C=O) groups excluding carboxylic acids is 1. The van der Waals surface area contributed by atoms with E-state index in [0.717, 1.165) is 22.7 Å². The third-order valence-electron chi connectivity index (χ3n) is 4.87. The van der Waals surface area contributed by atoms with Crippen LogP contribution < -0.4 is 10.1 Å². The van der Waals surface area contributed by atoms with Gasteiger partial charge in [-0.25, -0.2) is 4.68 Å². The van der Waals surface area contributed by atoms with E-state index in [4.69, 9.17) is 14.3 Å². The molecule has 0 radical (unpaired) electrons. The van der Waals surface area contributed by atoms with Crippen molar-refractivity contribution in [3.63, 3.8) is 0 Å². The van der Waals surface area contributed by atoms with Crippen molar-refractivity contribution >= 4 is 23.5 Å². The molecule has 0 atom stereocenters. The summed E-state index contributed by atoms with van der Waals surface area (Å²) in [5.74, 6) is 1.61. The Morgan fingerprint density at radius 1 is 1.09 bits per heavy atom. The summed E-state index contributed by atoms with van der Waals surface area (Å²) in [6.07, 6.45) is 0. The molecular weight excluding hydrogens is 450 g/mol. The molecule has 0 aliphatic heterocycles. The molecule has 0 fully saturated rings. The summed E-state index contributed by atoms with van der Waals surface area (Å²) >= 11 is 1.17. The summed E-state index contributed by atoms with van der Waals surface area (Å²) in [6.45, 7) is 8.41. The van der Waals surface area contributed by atoms with E-state index in [1.165, 1.54) is 11.8 Å².